The van der Waals surface area contributed by atoms with Crippen LogP contribution in [0.1, 0.15) is 6.42 Å². The van der Waals surface area contributed by atoms with E-state index in [1.807, 2.05) is 53.2 Å². The van der Waals surface area contributed by atoms with Crippen molar-refractivity contribution in [3.63, 3.8) is 0 Å². The minimum atomic E-state index is 0.551. The largest absolute Gasteiger partial charge is 0.457 e. The van der Waals surface area contributed by atoms with E-state index >= 15 is 0 Å². The predicted molar refractivity (Wildman–Crippen MR) is 127 cm³/mol. The van der Waals surface area contributed by atoms with Crippen molar-refractivity contribution in [1.29, 1.82) is 0 Å². The molecule has 1 fully saturated rings. The Morgan fingerprint density at radius 2 is 1.73 bits per heavy atom. The lowest BCUT2D eigenvalue weighted by Gasteiger charge is -2.33. The molecule has 3 heterocycles. The number of rotatable bonds is 9. The molecule has 0 amide bonds. The second-order valence-corrected chi connectivity index (χ2v) is 8.37. The molecule has 1 N–H and O–H groups in total. The van der Waals surface area contributed by atoms with Crippen LogP contribution in [0.25, 0.3) is 22.2 Å². The minimum absolute atomic E-state index is 0.551. The Labute approximate surface area is 192 Å². The molecule has 0 bridgehead atoms. The molecule has 170 valence electrons. The van der Waals surface area contributed by atoms with E-state index in [-0.39, 0.29) is 0 Å². The van der Waals surface area contributed by atoms with Crippen molar-refractivity contribution in [3.8, 4) is 22.8 Å². The first-order valence-corrected chi connectivity index (χ1v) is 11.4. The lowest BCUT2D eigenvalue weighted by molar-refractivity contribution is -0.109. The molecule has 0 spiro atoms. The number of aldehydes is 1. The first-order chi connectivity index (χ1) is 16.3. The number of H-pyrrole nitrogens is 1. The fourth-order valence-corrected chi connectivity index (χ4v) is 4.25. The van der Waals surface area contributed by atoms with Crippen molar-refractivity contribution in [2.45, 2.75) is 13.0 Å². The molecule has 1 saturated heterocycles. The highest BCUT2D eigenvalue weighted by Gasteiger charge is 2.15. The van der Waals surface area contributed by atoms with Crippen molar-refractivity contribution < 1.29 is 9.53 Å². The Morgan fingerprint density at radius 3 is 2.48 bits per heavy atom. The van der Waals surface area contributed by atoms with E-state index in [1.54, 1.807) is 6.20 Å². The molecule has 0 unspecified atom stereocenters. The number of aromatic amines is 1. The van der Waals surface area contributed by atoms with E-state index in [0.717, 1.165) is 85.6 Å². The topological polar surface area (TPSA) is 79.3 Å². The van der Waals surface area contributed by atoms with E-state index in [1.165, 1.54) is 0 Å². The number of ether oxygens (including phenoxy) is 1. The quantitative estimate of drug-likeness (QED) is 0.399. The summed E-state index contributed by atoms with van der Waals surface area (Å²) in [6.45, 7) is 6.48. The van der Waals surface area contributed by atoms with Crippen LogP contribution >= 0.6 is 0 Å². The van der Waals surface area contributed by atoms with Crippen molar-refractivity contribution >= 4 is 17.2 Å². The van der Waals surface area contributed by atoms with Gasteiger partial charge < -0.3 is 14.4 Å². The molecule has 8 heteroatoms. The number of hydrogen-bond donors (Lipinski definition) is 1. The van der Waals surface area contributed by atoms with Crippen LogP contribution in [-0.4, -0.2) is 75.3 Å². The lowest BCUT2D eigenvalue weighted by atomic mass is 10.1. The van der Waals surface area contributed by atoms with Gasteiger partial charge in [0.15, 0.2) is 0 Å². The third kappa shape index (κ3) is 5.30. The van der Waals surface area contributed by atoms with Gasteiger partial charge in [-0.05, 0) is 67.1 Å². The summed E-state index contributed by atoms with van der Waals surface area (Å²) >= 11 is 0. The van der Waals surface area contributed by atoms with E-state index in [9.17, 15) is 4.79 Å². The maximum Gasteiger partial charge on any atom is 0.133 e. The molecule has 33 heavy (non-hydrogen) atoms. The standard InChI is InChI=1S/C25H28N6O2/c32-17-16-30-14-12-29(13-15-30)10-1-11-31-19-21-18-23(6-7-25(21)28-31)33-22-4-2-20(3-5-22)24-8-9-26-27-24/h2-9,17-19H,1,10-16H2,(H,26,27). The number of nitrogens with one attached hydrogen (secondary N) is 1. The van der Waals surface area contributed by atoms with Crippen LogP contribution in [0.15, 0.2) is 60.9 Å². The molecule has 1 aliphatic rings. The summed E-state index contributed by atoms with van der Waals surface area (Å²) in [5.41, 5.74) is 3.02. The van der Waals surface area contributed by atoms with Gasteiger partial charge in [-0.1, -0.05) is 0 Å². The number of benzene rings is 2. The first kappa shape index (κ1) is 21.4. The first-order valence-electron chi connectivity index (χ1n) is 11.4. The molecule has 0 radical (unpaired) electrons. The molecule has 0 aliphatic carbocycles. The zero-order valence-electron chi connectivity index (χ0n) is 18.6. The van der Waals surface area contributed by atoms with Crippen molar-refractivity contribution in [2.24, 2.45) is 0 Å². The van der Waals surface area contributed by atoms with Crippen molar-refractivity contribution in [1.82, 2.24) is 29.8 Å². The van der Waals surface area contributed by atoms with Crippen LogP contribution in [0.2, 0.25) is 0 Å². The van der Waals surface area contributed by atoms with Crippen LogP contribution in [0.5, 0.6) is 11.5 Å². The summed E-state index contributed by atoms with van der Waals surface area (Å²) in [5.74, 6) is 1.59. The third-order valence-corrected chi connectivity index (χ3v) is 6.08. The van der Waals surface area contributed by atoms with Gasteiger partial charge in [-0.25, -0.2) is 0 Å². The number of hydrogen-bond acceptors (Lipinski definition) is 6. The molecule has 4 aromatic rings. The summed E-state index contributed by atoms with van der Waals surface area (Å²) < 4.78 is 8.08. The molecule has 5 rings (SSSR count). The average Bonchev–Trinajstić information content (AvgIpc) is 3.51. The van der Waals surface area contributed by atoms with Gasteiger partial charge in [0, 0.05) is 50.5 Å². The summed E-state index contributed by atoms with van der Waals surface area (Å²) in [4.78, 5) is 15.3. The Balaban J connectivity index is 1.15. The summed E-state index contributed by atoms with van der Waals surface area (Å²) in [6.07, 6.45) is 5.87. The molecule has 0 atom stereocenters. The number of piperazine rings is 1. The number of nitrogens with zero attached hydrogens (tertiary/aromatic N) is 5. The van der Waals surface area contributed by atoms with Gasteiger partial charge in [0.2, 0.25) is 0 Å². The van der Waals surface area contributed by atoms with Gasteiger partial charge in [-0.3, -0.25) is 14.7 Å². The number of carbonyl (C=O) groups is 1. The summed E-state index contributed by atoms with van der Waals surface area (Å²) in [5, 5.41) is 12.7. The van der Waals surface area contributed by atoms with Crippen LogP contribution in [0.3, 0.4) is 0 Å². The van der Waals surface area contributed by atoms with Crippen LogP contribution in [0.4, 0.5) is 0 Å². The zero-order valence-corrected chi connectivity index (χ0v) is 18.6. The van der Waals surface area contributed by atoms with E-state index < -0.39 is 0 Å². The van der Waals surface area contributed by atoms with Gasteiger partial charge in [-0.2, -0.15) is 10.2 Å². The molecular formula is C25H28N6O2. The maximum atomic E-state index is 10.6. The van der Waals surface area contributed by atoms with Gasteiger partial charge in [0.05, 0.1) is 17.8 Å². The maximum absolute atomic E-state index is 10.6. The van der Waals surface area contributed by atoms with Gasteiger partial charge in [0.25, 0.3) is 0 Å². The van der Waals surface area contributed by atoms with Gasteiger partial charge in [0.1, 0.15) is 17.8 Å². The fraction of sp³-hybridized carbons (Fsp3) is 0.320. The zero-order chi connectivity index (χ0) is 22.5. The second-order valence-electron chi connectivity index (χ2n) is 8.37. The highest BCUT2D eigenvalue weighted by atomic mass is 16.5. The van der Waals surface area contributed by atoms with E-state index in [4.69, 9.17) is 9.84 Å². The second kappa shape index (κ2) is 9.97. The number of aryl methyl sites for hydroxylation is 1. The number of carbonyl (C=O) groups excluding carboxylic acids is 1. The lowest BCUT2D eigenvalue weighted by Crippen LogP contribution is -2.47. The van der Waals surface area contributed by atoms with Crippen LogP contribution in [-0.2, 0) is 11.3 Å². The highest BCUT2D eigenvalue weighted by molar-refractivity contribution is 5.79. The Bertz CT molecular complexity index is 1180. The van der Waals surface area contributed by atoms with Crippen LogP contribution in [0, 0.1) is 0 Å². The van der Waals surface area contributed by atoms with E-state index in [2.05, 4.69) is 26.2 Å². The monoisotopic (exact) mass is 444 g/mol. The molecular weight excluding hydrogens is 416 g/mol. The van der Waals surface area contributed by atoms with E-state index in [0.29, 0.717) is 6.54 Å². The summed E-state index contributed by atoms with van der Waals surface area (Å²) in [6, 6.07) is 15.9. The van der Waals surface area contributed by atoms with Gasteiger partial charge in [-0.15, -0.1) is 0 Å². The number of aromatic nitrogens is 4. The Hall–Kier alpha value is -3.49. The third-order valence-electron chi connectivity index (χ3n) is 6.08. The average molecular weight is 445 g/mol. The normalized spacial score (nSPS) is 15.2. The Kier molecular flexibility index (Phi) is 6.46. The fourth-order valence-electron chi connectivity index (χ4n) is 4.25. The highest BCUT2D eigenvalue weighted by Crippen LogP contribution is 2.27. The van der Waals surface area contributed by atoms with Crippen molar-refractivity contribution in [2.75, 3.05) is 39.3 Å². The molecule has 2 aromatic heterocycles. The molecule has 1 aliphatic heterocycles. The SMILES string of the molecule is O=CCN1CCN(CCCn2cc3cc(Oc4ccc(-c5ccn[nH]5)cc4)ccc3n2)CC1. The smallest absolute Gasteiger partial charge is 0.133 e. The predicted octanol–water partition coefficient (Wildman–Crippen LogP) is 3.43. The number of fused-ring (bicyclic) bond motifs is 1. The molecule has 0 saturated carbocycles. The molecule has 2 aromatic carbocycles. The summed E-state index contributed by atoms with van der Waals surface area (Å²) in [7, 11) is 0. The minimum Gasteiger partial charge on any atom is -0.457 e. The van der Waals surface area contributed by atoms with Crippen molar-refractivity contribution in [3.05, 3.63) is 60.9 Å². The van der Waals surface area contributed by atoms with Gasteiger partial charge >= 0.3 is 0 Å². The Morgan fingerprint density at radius 1 is 0.939 bits per heavy atom. The van der Waals surface area contributed by atoms with Crippen LogP contribution < -0.4 is 4.74 Å². The molecule has 8 nitrogen and oxygen atoms in total.